The van der Waals surface area contributed by atoms with Gasteiger partial charge in [-0.2, -0.15) is 0 Å². The van der Waals surface area contributed by atoms with Gasteiger partial charge in [0, 0.05) is 16.8 Å². The number of fused-ring (bicyclic) bond motifs is 1. The average molecular weight is 376 g/mol. The second kappa shape index (κ2) is 6.10. The second-order valence-electron chi connectivity index (χ2n) is 5.63. The number of nitrogens with one attached hydrogen (secondary N) is 1. The van der Waals surface area contributed by atoms with E-state index in [0.717, 1.165) is 16.6 Å². The van der Waals surface area contributed by atoms with Crippen LogP contribution in [0.3, 0.4) is 0 Å². The number of aromatic nitrogens is 1. The number of nitrogen functional groups attached to an aromatic ring is 1. The van der Waals surface area contributed by atoms with Crippen LogP contribution < -0.4 is 16.2 Å². The minimum Gasteiger partial charge on any atom is -0.397 e. The average Bonchev–Trinajstić information content (AvgIpc) is 2.84. The lowest BCUT2D eigenvalue weighted by molar-refractivity contribution is 0.103. The summed E-state index contributed by atoms with van der Waals surface area (Å²) < 4.78 is 22.5. The molecule has 130 valence electrons. The quantitative estimate of drug-likeness (QED) is 0.646. The number of pyridine rings is 1. The van der Waals surface area contributed by atoms with E-state index in [9.17, 15) is 13.2 Å². The summed E-state index contributed by atoms with van der Waals surface area (Å²) in [4.78, 5) is 18.0. The molecule has 0 aliphatic rings. The van der Waals surface area contributed by atoms with E-state index >= 15 is 0 Å². The molecule has 1 amide bonds. The van der Waals surface area contributed by atoms with Gasteiger partial charge in [0.25, 0.3) is 5.91 Å². The Morgan fingerprint density at radius 1 is 1.20 bits per heavy atom. The fraction of sp³-hybridized carbons (Fsp3) is 0.125. The van der Waals surface area contributed by atoms with E-state index < -0.39 is 10.0 Å². The molecule has 5 N–H and O–H groups in total. The molecule has 3 aromatic rings. The number of thiophene rings is 1. The van der Waals surface area contributed by atoms with E-state index in [1.165, 1.54) is 35.6 Å². The third-order valence-electron chi connectivity index (χ3n) is 3.67. The maximum atomic E-state index is 12.5. The Hall–Kier alpha value is -2.49. The third-order valence-corrected chi connectivity index (χ3v) is 5.70. The minimum atomic E-state index is -3.77. The Kier molecular flexibility index (Phi) is 4.23. The fourth-order valence-corrected chi connectivity index (χ4v) is 4.18. The number of hydrogen-bond acceptors (Lipinski definition) is 6. The number of nitrogens with zero attached hydrogens (tertiary/aromatic N) is 1. The van der Waals surface area contributed by atoms with Gasteiger partial charge in [-0.15, -0.1) is 11.3 Å². The van der Waals surface area contributed by atoms with Crippen LogP contribution in [0.5, 0.6) is 0 Å². The van der Waals surface area contributed by atoms with Gasteiger partial charge in [0.15, 0.2) is 0 Å². The monoisotopic (exact) mass is 376 g/mol. The van der Waals surface area contributed by atoms with Gasteiger partial charge in [-0.25, -0.2) is 18.5 Å². The number of benzene rings is 1. The summed E-state index contributed by atoms with van der Waals surface area (Å²) in [5.41, 5.74) is 8.80. The van der Waals surface area contributed by atoms with Crippen LogP contribution in [0.4, 0.5) is 11.4 Å². The highest BCUT2D eigenvalue weighted by Crippen LogP contribution is 2.35. The van der Waals surface area contributed by atoms with Gasteiger partial charge in [0.2, 0.25) is 10.0 Å². The predicted octanol–water partition coefficient (Wildman–Crippen LogP) is 2.40. The lowest BCUT2D eigenvalue weighted by atomic mass is 10.1. The summed E-state index contributed by atoms with van der Waals surface area (Å²) in [6.07, 6.45) is 0. The molecule has 7 nitrogen and oxygen atoms in total. The summed E-state index contributed by atoms with van der Waals surface area (Å²) in [7, 11) is -3.77. The molecule has 0 fully saturated rings. The van der Waals surface area contributed by atoms with E-state index in [1.54, 1.807) is 0 Å². The molecular weight excluding hydrogens is 360 g/mol. The predicted molar refractivity (Wildman–Crippen MR) is 99.3 cm³/mol. The summed E-state index contributed by atoms with van der Waals surface area (Å²) in [6.45, 7) is 3.81. The molecule has 0 bridgehead atoms. The number of amides is 1. The van der Waals surface area contributed by atoms with E-state index in [-0.39, 0.29) is 10.8 Å². The molecule has 0 radical (unpaired) electrons. The first kappa shape index (κ1) is 17.3. The zero-order valence-electron chi connectivity index (χ0n) is 13.5. The molecule has 1 aromatic carbocycles. The molecule has 0 aliphatic carbocycles. The Labute approximate surface area is 148 Å². The molecule has 0 saturated heterocycles. The molecule has 3 rings (SSSR count). The van der Waals surface area contributed by atoms with Gasteiger partial charge in [0.1, 0.15) is 9.71 Å². The van der Waals surface area contributed by atoms with Gasteiger partial charge < -0.3 is 11.1 Å². The van der Waals surface area contributed by atoms with Gasteiger partial charge in [-0.05, 0) is 49.7 Å². The SMILES string of the molecule is Cc1cc(C)c2c(N)c(C(=O)Nc3ccc(S(N)(=O)=O)cc3)sc2n1. The first-order chi connectivity index (χ1) is 11.7. The number of rotatable bonds is 3. The van der Waals surface area contributed by atoms with E-state index in [2.05, 4.69) is 10.3 Å². The number of carbonyl (C=O) groups is 1. The van der Waals surface area contributed by atoms with E-state index in [1.807, 2.05) is 19.9 Å². The first-order valence-electron chi connectivity index (χ1n) is 7.27. The molecule has 9 heteroatoms. The van der Waals surface area contributed by atoms with Crippen molar-refractivity contribution in [3.05, 3.63) is 46.5 Å². The maximum absolute atomic E-state index is 12.5. The normalized spacial score (nSPS) is 11.6. The van der Waals surface area contributed by atoms with Crippen molar-refractivity contribution < 1.29 is 13.2 Å². The largest absolute Gasteiger partial charge is 0.397 e. The first-order valence-corrected chi connectivity index (χ1v) is 9.63. The summed E-state index contributed by atoms with van der Waals surface area (Å²) in [6, 6.07) is 7.51. The number of anilines is 2. The lowest BCUT2D eigenvalue weighted by Gasteiger charge is -2.05. The molecule has 2 aromatic heterocycles. The highest BCUT2D eigenvalue weighted by atomic mass is 32.2. The van der Waals surface area contributed by atoms with Crippen molar-refractivity contribution in [2.24, 2.45) is 5.14 Å². The molecule has 0 saturated carbocycles. The van der Waals surface area contributed by atoms with Crippen LogP contribution in [0, 0.1) is 13.8 Å². The fourth-order valence-electron chi connectivity index (χ4n) is 2.55. The van der Waals surface area contributed by atoms with Crippen molar-refractivity contribution in [1.82, 2.24) is 4.98 Å². The Balaban J connectivity index is 1.93. The molecule has 0 unspecified atom stereocenters. The van der Waals surface area contributed by atoms with Crippen molar-refractivity contribution in [3.8, 4) is 0 Å². The van der Waals surface area contributed by atoms with Gasteiger partial charge in [0.05, 0.1) is 10.6 Å². The summed E-state index contributed by atoms with van der Waals surface area (Å²) in [5, 5.41) is 8.53. The van der Waals surface area contributed by atoms with Crippen LogP contribution in [0.1, 0.15) is 20.9 Å². The molecule has 0 atom stereocenters. The van der Waals surface area contributed by atoms with Crippen LogP contribution in [-0.4, -0.2) is 19.3 Å². The molecular formula is C16H16N4O3S2. The summed E-state index contributed by atoms with van der Waals surface area (Å²) >= 11 is 1.22. The van der Waals surface area contributed by atoms with Gasteiger partial charge >= 0.3 is 0 Å². The molecule has 2 heterocycles. The Morgan fingerprint density at radius 2 is 1.84 bits per heavy atom. The standard InChI is InChI=1S/C16H16N4O3S2/c1-8-7-9(2)19-16-12(8)13(17)14(24-16)15(21)20-10-3-5-11(6-4-10)25(18,22)23/h3-7H,17H2,1-2H3,(H,20,21)(H2,18,22,23). The van der Waals surface area contributed by atoms with Crippen LogP contribution in [0.15, 0.2) is 35.2 Å². The highest BCUT2D eigenvalue weighted by molar-refractivity contribution is 7.89. The lowest BCUT2D eigenvalue weighted by Crippen LogP contribution is -2.14. The molecule has 25 heavy (non-hydrogen) atoms. The number of primary sulfonamides is 1. The van der Waals surface area contributed by atoms with Crippen molar-refractivity contribution in [2.45, 2.75) is 18.7 Å². The molecule has 0 aliphatic heterocycles. The maximum Gasteiger partial charge on any atom is 0.267 e. The minimum absolute atomic E-state index is 0.0258. The highest BCUT2D eigenvalue weighted by Gasteiger charge is 2.19. The van der Waals surface area contributed by atoms with Gasteiger partial charge in [-0.1, -0.05) is 0 Å². The van der Waals surface area contributed by atoms with Crippen molar-refractivity contribution in [2.75, 3.05) is 11.1 Å². The number of aryl methyl sites for hydroxylation is 2. The number of hydrogen-bond donors (Lipinski definition) is 3. The number of carbonyl (C=O) groups excluding carboxylic acids is 1. The number of sulfonamides is 1. The van der Waals surface area contributed by atoms with Crippen molar-refractivity contribution >= 4 is 48.9 Å². The smallest absolute Gasteiger partial charge is 0.267 e. The summed E-state index contributed by atoms with van der Waals surface area (Å²) in [5.74, 6) is -0.374. The van der Waals surface area contributed by atoms with Gasteiger partial charge in [-0.3, -0.25) is 4.79 Å². The van der Waals surface area contributed by atoms with Crippen LogP contribution in [-0.2, 0) is 10.0 Å². The second-order valence-corrected chi connectivity index (χ2v) is 8.19. The Bertz CT molecular complexity index is 1090. The van der Waals surface area contributed by atoms with E-state index in [4.69, 9.17) is 10.9 Å². The van der Waals surface area contributed by atoms with E-state index in [0.29, 0.717) is 21.1 Å². The molecule has 0 spiro atoms. The van der Waals surface area contributed by atoms with Crippen molar-refractivity contribution in [3.63, 3.8) is 0 Å². The van der Waals surface area contributed by atoms with Crippen LogP contribution in [0.25, 0.3) is 10.2 Å². The van der Waals surface area contributed by atoms with Crippen LogP contribution in [0.2, 0.25) is 0 Å². The Morgan fingerprint density at radius 3 is 2.44 bits per heavy atom. The van der Waals surface area contributed by atoms with Crippen molar-refractivity contribution in [1.29, 1.82) is 0 Å². The third kappa shape index (κ3) is 3.34. The topological polar surface area (TPSA) is 128 Å². The van der Waals surface area contributed by atoms with Crippen LogP contribution >= 0.6 is 11.3 Å². The number of nitrogens with two attached hydrogens (primary N) is 2. The zero-order chi connectivity index (χ0) is 18.4. The zero-order valence-corrected chi connectivity index (χ0v) is 15.2.